The number of nitrogens with one attached hydrogen (secondary N) is 1. The van der Waals surface area contributed by atoms with Crippen molar-refractivity contribution in [3.63, 3.8) is 0 Å². The van der Waals surface area contributed by atoms with Crippen LogP contribution in [-0.2, 0) is 13.0 Å². The van der Waals surface area contributed by atoms with Crippen molar-refractivity contribution in [2.75, 3.05) is 20.3 Å². The van der Waals surface area contributed by atoms with Gasteiger partial charge in [0.05, 0.1) is 24.8 Å². The molecule has 182 valence electrons. The molecule has 0 aliphatic heterocycles. The molecule has 1 N–H and O–H groups in total. The Bertz CT molecular complexity index is 1240. The fourth-order valence-corrected chi connectivity index (χ4v) is 4.08. The largest absolute Gasteiger partial charge is 0.497 e. The van der Waals surface area contributed by atoms with Gasteiger partial charge >= 0.3 is 0 Å². The van der Waals surface area contributed by atoms with Crippen molar-refractivity contribution in [2.24, 2.45) is 0 Å². The average Bonchev–Trinajstić information content (AvgIpc) is 3.24. The molecule has 1 amide bonds. The van der Waals surface area contributed by atoms with E-state index in [2.05, 4.69) is 16.0 Å². The minimum atomic E-state index is -0.0907. The number of nitrogens with zero attached hydrogens (tertiary/aromatic N) is 2. The van der Waals surface area contributed by atoms with Crippen LogP contribution >= 0.6 is 11.6 Å². The maximum absolute atomic E-state index is 12.3. The van der Waals surface area contributed by atoms with Gasteiger partial charge in [-0.05, 0) is 79.9 Å². The fraction of sp³-hybridized carbons (Fsp3) is 0.286. The second kappa shape index (κ2) is 12.3. The molecule has 0 bridgehead atoms. The monoisotopic (exact) mass is 491 g/mol. The van der Waals surface area contributed by atoms with Crippen LogP contribution in [0.25, 0.3) is 11.0 Å². The first-order valence-corrected chi connectivity index (χ1v) is 12.3. The van der Waals surface area contributed by atoms with Crippen molar-refractivity contribution in [1.82, 2.24) is 14.9 Å². The van der Waals surface area contributed by atoms with E-state index in [4.69, 9.17) is 26.1 Å². The lowest BCUT2D eigenvalue weighted by molar-refractivity contribution is 0.0953. The lowest BCUT2D eigenvalue weighted by atomic mass is 10.2. The lowest BCUT2D eigenvalue weighted by Crippen LogP contribution is -2.25. The van der Waals surface area contributed by atoms with Crippen molar-refractivity contribution >= 4 is 28.5 Å². The third kappa shape index (κ3) is 6.76. The summed E-state index contributed by atoms with van der Waals surface area (Å²) in [6, 6.07) is 22.8. The Labute approximate surface area is 210 Å². The van der Waals surface area contributed by atoms with Crippen molar-refractivity contribution in [1.29, 1.82) is 0 Å². The average molecular weight is 492 g/mol. The summed E-state index contributed by atoms with van der Waals surface area (Å²) < 4.78 is 13.3. The maximum Gasteiger partial charge on any atom is 0.251 e. The smallest absolute Gasteiger partial charge is 0.251 e. The van der Waals surface area contributed by atoms with E-state index >= 15 is 0 Å². The molecule has 1 heterocycles. The number of amides is 1. The molecule has 0 spiro atoms. The fourth-order valence-electron chi connectivity index (χ4n) is 3.95. The van der Waals surface area contributed by atoms with Crippen LogP contribution in [0.15, 0.2) is 72.8 Å². The summed E-state index contributed by atoms with van der Waals surface area (Å²) >= 11 is 5.90. The van der Waals surface area contributed by atoms with Crippen LogP contribution in [-0.4, -0.2) is 35.7 Å². The maximum atomic E-state index is 12.3. The van der Waals surface area contributed by atoms with Gasteiger partial charge in [-0.25, -0.2) is 4.98 Å². The second-order valence-electron chi connectivity index (χ2n) is 8.27. The number of para-hydroxylation sites is 2. The molecule has 3 aromatic carbocycles. The van der Waals surface area contributed by atoms with Gasteiger partial charge in [-0.3, -0.25) is 4.79 Å². The van der Waals surface area contributed by atoms with E-state index in [0.29, 0.717) is 23.7 Å². The van der Waals surface area contributed by atoms with E-state index < -0.39 is 0 Å². The molecule has 0 radical (unpaired) electrons. The molecule has 35 heavy (non-hydrogen) atoms. The van der Waals surface area contributed by atoms with Gasteiger partial charge in [-0.2, -0.15) is 0 Å². The van der Waals surface area contributed by atoms with Crippen LogP contribution in [0.1, 0.15) is 35.4 Å². The molecule has 0 aliphatic carbocycles. The van der Waals surface area contributed by atoms with Crippen molar-refractivity contribution in [3.05, 3.63) is 89.2 Å². The number of rotatable bonds is 12. The molecule has 0 unspecified atom stereocenters. The Balaban J connectivity index is 1.27. The molecule has 0 saturated heterocycles. The summed E-state index contributed by atoms with van der Waals surface area (Å²) in [4.78, 5) is 17.2. The van der Waals surface area contributed by atoms with Gasteiger partial charge in [-0.1, -0.05) is 23.7 Å². The van der Waals surface area contributed by atoms with Gasteiger partial charge in [0.2, 0.25) is 0 Å². The number of unbranched alkanes of at least 4 members (excludes halogenated alkanes) is 1. The number of aromatic nitrogens is 2. The van der Waals surface area contributed by atoms with Gasteiger partial charge in [0.1, 0.15) is 17.3 Å². The zero-order valence-electron chi connectivity index (χ0n) is 19.9. The highest BCUT2D eigenvalue weighted by Gasteiger charge is 2.11. The van der Waals surface area contributed by atoms with Crippen LogP contribution in [0, 0.1) is 0 Å². The Hall–Kier alpha value is -3.51. The first-order valence-electron chi connectivity index (χ1n) is 11.9. The topological polar surface area (TPSA) is 65.4 Å². The molecule has 0 aliphatic rings. The predicted molar refractivity (Wildman–Crippen MR) is 140 cm³/mol. The summed E-state index contributed by atoms with van der Waals surface area (Å²) in [6.45, 7) is 2.12. The summed E-state index contributed by atoms with van der Waals surface area (Å²) in [5.74, 6) is 2.62. The molecule has 0 fully saturated rings. The number of benzene rings is 3. The van der Waals surface area contributed by atoms with E-state index in [1.54, 1.807) is 31.4 Å². The quantitative estimate of drug-likeness (QED) is 0.250. The van der Waals surface area contributed by atoms with Crippen molar-refractivity contribution in [3.8, 4) is 11.5 Å². The molecule has 4 rings (SSSR count). The van der Waals surface area contributed by atoms with Gasteiger partial charge in [0, 0.05) is 30.1 Å². The SMILES string of the molecule is COc1ccc(OCCCCn2c(CCCNC(=O)c3ccc(Cl)cc3)nc3ccccc32)cc1. The predicted octanol–water partition coefficient (Wildman–Crippen LogP) is 5.92. The second-order valence-corrected chi connectivity index (χ2v) is 8.70. The molecule has 1 aromatic heterocycles. The molecule has 7 heteroatoms. The van der Waals surface area contributed by atoms with E-state index in [0.717, 1.165) is 60.6 Å². The molecule has 4 aromatic rings. The lowest BCUT2D eigenvalue weighted by Gasteiger charge is -2.11. The normalized spacial score (nSPS) is 10.9. The zero-order chi connectivity index (χ0) is 24.5. The van der Waals surface area contributed by atoms with Crippen LogP contribution < -0.4 is 14.8 Å². The summed E-state index contributed by atoms with van der Waals surface area (Å²) in [5, 5.41) is 3.60. The van der Waals surface area contributed by atoms with Crippen LogP contribution in [0.3, 0.4) is 0 Å². The zero-order valence-corrected chi connectivity index (χ0v) is 20.6. The number of halogens is 1. The molecule has 6 nitrogen and oxygen atoms in total. The number of imidazole rings is 1. The Morgan fingerprint density at radius 2 is 1.69 bits per heavy atom. The van der Waals surface area contributed by atoms with Gasteiger partial charge in [0.15, 0.2) is 0 Å². The highest BCUT2D eigenvalue weighted by molar-refractivity contribution is 6.30. The van der Waals surface area contributed by atoms with Gasteiger partial charge in [0.25, 0.3) is 5.91 Å². The van der Waals surface area contributed by atoms with E-state index in [9.17, 15) is 4.79 Å². The number of carbonyl (C=O) groups excluding carboxylic acids is 1. The summed E-state index contributed by atoms with van der Waals surface area (Å²) in [5.41, 5.74) is 2.75. The van der Waals surface area contributed by atoms with E-state index in [-0.39, 0.29) is 5.91 Å². The molecule has 0 saturated carbocycles. The minimum Gasteiger partial charge on any atom is -0.497 e. The Morgan fingerprint density at radius 3 is 2.46 bits per heavy atom. The van der Waals surface area contributed by atoms with Crippen molar-refractivity contribution < 1.29 is 14.3 Å². The number of carbonyl (C=O) groups is 1. The molecular weight excluding hydrogens is 462 g/mol. The standard InChI is InChI=1S/C28H30ClN3O3/c1-34-23-14-16-24(17-15-23)35-20-5-4-19-32-26-8-3-2-7-25(26)31-27(32)9-6-18-30-28(33)21-10-12-22(29)13-11-21/h2-3,7-8,10-17H,4-6,9,18-20H2,1H3,(H,30,33). The first kappa shape index (κ1) is 24.6. The Morgan fingerprint density at radius 1 is 0.943 bits per heavy atom. The number of methoxy groups -OCH3 is 1. The van der Waals surface area contributed by atoms with Crippen LogP contribution in [0.4, 0.5) is 0 Å². The molecular formula is C28H30ClN3O3. The summed E-state index contributed by atoms with van der Waals surface area (Å²) in [7, 11) is 1.65. The number of hydrogen-bond donors (Lipinski definition) is 1. The highest BCUT2D eigenvalue weighted by atomic mass is 35.5. The number of aryl methyl sites for hydroxylation is 2. The molecule has 0 atom stereocenters. The van der Waals surface area contributed by atoms with Crippen molar-refractivity contribution in [2.45, 2.75) is 32.2 Å². The third-order valence-corrected chi connectivity index (χ3v) is 6.06. The minimum absolute atomic E-state index is 0.0907. The number of hydrogen-bond acceptors (Lipinski definition) is 4. The van der Waals surface area contributed by atoms with E-state index in [1.165, 1.54) is 0 Å². The van der Waals surface area contributed by atoms with Gasteiger partial charge < -0.3 is 19.4 Å². The first-order chi connectivity index (χ1) is 17.1. The van der Waals surface area contributed by atoms with Crippen LogP contribution in [0.5, 0.6) is 11.5 Å². The number of ether oxygens (including phenoxy) is 2. The Kier molecular flexibility index (Phi) is 8.63. The summed E-state index contributed by atoms with van der Waals surface area (Å²) in [6.07, 6.45) is 3.52. The van der Waals surface area contributed by atoms with Crippen LogP contribution in [0.2, 0.25) is 5.02 Å². The third-order valence-electron chi connectivity index (χ3n) is 5.81. The van der Waals surface area contributed by atoms with Gasteiger partial charge in [-0.15, -0.1) is 0 Å². The van der Waals surface area contributed by atoms with E-state index in [1.807, 2.05) is 42.5 Å². The highest BCUT2D eigenvalue weighted by Crippen LogP contribution is 2.19. The number of fused-ring (bicyclic) bond motifs is 1.